The molecule has 0 spiro atoms. The number of rotatable bonds is 7. The normalized spacial score (nSPS) is 13.3. The van der Waals surface area contributed by atoms with Crippen molar-refractivity contribution in [2.45, 2.75) is 51.9 Å². The smallest absolute Gasteiger partial charge is 0.341 e. The molecule has 0 bridgehead atoms. The van der Waals surface area contributed by atoms with Gasteiger partial charge in [0.1, 0.15) is 5.00 Å². The lowest BCUT2D eigenvalue weighted by atomic mass is 10.1. The third-order valence-electron chi connectivity index (χ3n) is 5.00. The number of esters is 1. The maximum absolute atomic E-state index is 12.5. The number of thiophene rings is 1. The molecule has 1 aromatic heterocycles. The summed E-state index contributed by atoms with van der Waals surface area (Å²) in [6, 6.07) is 9.92. The molecule has 1 aliphatic carbocycles. The van der Waals surface area contributed by atoms with E-state index in [4.69, 9.17) is 4.74 Å². The lowest BCUT2D eigenvalue weighted by molar-refractivity contribution is -0.136. The van der Waals surface area contributed by atoms with Crippen molar-refractivity contribution in [2.24, 2.45) is 5.10 Å². The average molecular weight is 442 g/mol. The number of hydrazone groups is 1. The first-order valence-electron chi connectivity index (χ1n) is 10.6. The molecule has 31 heavy (non-hydrogen) atoms. The van der Waals surface area contributed by atoms with Crippen LogP contribution in [0.2, 0.25) is 0 Å². The summed E-state index contributed by atoms with van der Waals surface area (Å²) in [4.78, 5) is 38.1. The second kappa shape index (κ2) is 11.4. The molecule has 0 radical (unpaired) electrons. The number of benzene rings is 1. The first-order valence-corrected chi connectivity index (χ1v) is 11.4. The average Bonchev–Trinajstić information content (AvgIpc) is 2.94. The number of anilines is 1. The number of hydrogen-bond donors (Lipinski definition) is 2. The summed E-state index contributed by atoms with van der Waals surface area (Å²) in [7, 11) is 0. The number of carbonyl (C=O) groups is 3. The van der Waals surface area contributed by atoms with Crippen LogP contribution < -0.4 is 10.7 Å². The van der Waals surface area contributed by atoms with Crippen LogP contribution in [-0.2, 0) is 33.6 Å². The fraction of sp³-hybridized carbons (Fsp3) is 0.391. The molecule has 2 amide bonds. The maximum Gasteiger partial charge on any atom is 0.341 e. The van der Waals surface area contributed by atoms with E-state index in [1.165, 1.54) is 16.9 Å². The summed E-state index contributed by atoms with van der Waals surface area (Å²) in [5.41, 5.74) is 4.74. The van der Waals surface area contributed by atoms with Gasteiger partial charge >= 0.3 is 17.8 Å². The lowest BCUT2D eigenvalue weighted by Gasteiger charge is -2.08. The number of carbonyl (C=O) groups excluding carboxylic acids is 3. The standard InChI is InChI=1S/C23H27N3O4S/c1-2-30-23(29)19-17-13-7-4-8-14-18(17)31-22(19)25-20(27)21(28)26-24-15-9-12-16-10-5-3-6-11-16/h3,5-6,10-11,15H,2,4,7-9,12-14H2,1H3,(H,25,27)(H,26,28)/b24-15+. The number of aryl methyl sites for hydroxylation is 2. The van der Waals surface area contributed by atoms with Crippen molar-refractivity contribution >= 4 is 40.3 Å². The van der Waals surface area contributed by atoms with Crippen LogP contribution in [0.1, 0.15) is 59.0 Å². The largest absolute Gasteiger partial charge is 0.462 e. The van der Waals surface area contributed by atoms with E-state index in [1.807, 2.05) is 30.3 Å². The highest BCUT2D eigenvalue weighted by atomic mass is 32.1. The van der Waals surface area contributed by atoms with Gasteiger partial charge in [-0.05, 0) is 56.6 Å². The minimum atomic E-state index is -0.880. The van der Waals surface area contributed by atoms with E-state index >= 15 is 0 Å². The summed E-state index contributed by atoms with van der Waals surface area (Å²) >= 11 is 1.35. The van der Waals surface area contributed by atoms with E-state index in [2.05, 4.69) is 15.8 Å². The molecule has 1 heterocycles. The van der Waals surface area contributed by atoms with Crippen molar-refractivity contribution in [3.8, 4) is 0 Å². The molecule has 7 nitrogen and oxygen atoms in total. The summed E-state index contributed by atoms with van der Waals surface area (Å²) in [5.74, 6) is -2.20. The summed E-state index contributed by atoms with van der Waals surface area (Å²) in [6.07, 6.45) is 7.76. The van der Waals surface area contributed by atoms with E-state index in [1.54, 1.807) is 13.1 Å². The Morgan fingerprint density at radius 1 is 1.10 bits per heavy atom. The van der Waals surface area contributed by atoms with Crippen LogP contribution in [0.15, 0.2) is 35.4 Å². The topological polar surface area (TPSA) is 96.9 Å². The molecule has 0 saturated heterocycles. The van der Waals surface area contributed by atoms with Crippen LogP contribution in [0.25, 0.3) is 0 Å². The van der Waals surface area contributed by atoms with Crippen molar-refractivity contribution < 1.29 is 19.1 Å². The van der Waals surface area contributed by atoms with Gasteiger partial charge in [0.15, 0.2) is 0 Å². The lowest BCUT2D eigenvalue weighted by Crippen LogP contribution is -2.32. The minimum Gasteiger partial charge on any atom is -0.462 e. The third-order valence-corrected chi connectivity index (χ3v) is 6.20. The molecule has 2 aromatic rings. The first kappa shape index (κ1) is 22.7. The van der Waals surface area contributed by atoms with Crippen LogP contribution in [0, 0.1) is 0 Å². The maximum atomic E-state index is 12.5. The van der Waals surface area contributed by atoms with Gasteiger partial charge in [0.25, 0.3) is 0 Å². The van der Waals surface area contributed by atoms with Crippen molar-refractivity contribution in [3.63, 3.8) is 0 Å². The van der Waals surface area contributed by atoms with E-state index in [0.717, 1.165) is 49.0 Å². The van der Waals surface area contributed by atoms with Gasteiger partial charge in [0.05, 0.1) is 12.2 Å². The number of nitrogens with zero attached hydrogens (tertiary/aromatic N) is 1. The van der Waals surface area contributed by atoms with Crippen LogP contribution in [0.3, 0.4) is 0 Å². The molecule has 8 heteroatoms. The van der Waals surface area contributed by atoms with E-state index in [9.17, 15) is 14.4 Å². The van der Waals surface area contributed by atoms with Crippen molar-refractivity contribution in [3.05, 3.63) is 51.9 Å². The number of ether oxygens (including phenoxy) is 1. The van der Waals surface area contributed by atoms with Crippen molar-refractivity contribution in [2.75, 3.05) is 11.9 Å². The zero-order chi connectivity index (χ0) is 22.1. The van der Waals surface area contributed by atoms with Gasteiger partial charge in [-0.1, -0.05) is 36.8 Å². The Labute approximate surface area is 185 Å². The Kier molecular flexibility index (Phi) is 8.35. The zero-order valence-corrected chi connectivity index (χ0v) is 18.4. The molecule has 1 aromatic carbocycles. The zero-order valence-electron chi connectivity index (χ0n) is 17.6. The molecule has 0 unspecified atom stereocenters. The SMILES string of the molecule is CCOC(=O)c1c(NC(=O)C(=O)N/N=C/CCc2ccccc2)sc2c1CCCCC2. The Hall–Kier alpha value is -3.00. The highest BCUT2D eigenvalue weighted by molar-refractivity contribution is 7.17. The Balaban J connectivity index is 1.60. The molecular weight excluding hydrogens is 414 g/mol. The molecule has 3 rings (SSSR count). The molecule has 0 aliphatic heterocycles. The fourth-order valence-corrected chi connectivity index (χ4v) is 4.78. The Morgan fingerprint density at radius 3 is 2.65 bits per heavy atom. The summed E-state index contributed by atoms with van der Waals surface area (Å²) in [6.45, 7) is 1.99. The highest BCUT2D eigenvalue weighted by Crippen LogP contribution is 2.38. The van der Waals surface area contributed by atoms with Crippen LogP contribution in [-0.4, -0.2) is 30.6 Å². The number of nitrogens with one attached hydrogen (secondary N) is 2. The minimum absolute atomic E-state index is 0.245. The Bertz CT molecular complexity index is 953. The monoisotopic (exact) mass is 441 g/mol. The van der Waals surface area contributed by atoms with Crippen LogP contribution >= 0.6 is 11.3 Å². The van der Waals surface area contributed by atoms with Gasteiger partial charge in [0, 0.05) is 11.1 Å². The number of fused-ring (bicyclic) bond motifs is 1. The second-order valence-electron chi connectivity index (χ2n) is 7.22. The van der Waals surface area contributed by atoms with E-state index in [-0.39, 0.29) is 6.61 Å². The quantitative estimate of drug-likeness (QED) is 0.224. The molecule has 0 fully saturated rings. The third kappa shape index (κ3) is 6.24. The van der Waals surface area contributed by atoms with E-state index in [0.29, 0.717) is 17.0 Å². The van der Waals surface area contributed by atoms with Gasteiger partial charge in [-0.3, -0.25) is 9.59 Å². The van der Waals surface area contributed by atoms with Gasteiger partial charge in [-0.25, -0.2) is 10.2 Å². The summed E-state index contributed by atoms with van der Waals surface area (Å²) < 4.78 is 5.20. The molecule has 164 valence electrons. The number of hydrogen-bond acceptors (Lipinski definition) is 6. The van der Waals surface area contributed by atoms with Gasteiger partial charge < -0.3 is 10.1 Å². The molecule has 0 saturated carbocycles. The molecule has 1 aliphatic rings. The van der Waals surface area contributed by atoms with Crippen LogP contribution in [0.5, 0.6) is 0 Å². The van der Waals surface area contributed by atoms with E-state index < -0.39 is 17.8 Å². The number of amides is 2. The predicted octanol–water partition coefficient (Wildman–Crippen LogP) is 3.87. The fourth-order valence-electron chi connectivity index (χ4n) is 3.51. The molecule has 2 N–H and O–H groups in total. The first-order chi connectivity index (χ1) is 15.1. The van der Waals surface area contributed by atoms with Gasteiger partial charge in [0.2, 0.25) is 0 Å². The van der Waals surface area contributed by atoms with Crippen molar-refractivity contribution in [1.29, 1.82) is 0 Å². The van der Waals surface area contributed by atoms with Crippen molar-refractivity contribution in [1.82, 2.24) is 5.43 Å². The Morgan fingerprint density at radius 2 is 1.87 bits per heavy atom. The second-order valence-corrected chi connectivity index (χ2v) is 8.33. The molecular formula is C23H27N3O4S. The van der Waals surface area contributed by atoms with Crippen LogP contribution in [0.4, 0.5) is 5.00 Å². The summed E-state index contributed by atoms with van der Waals surface area (Å²) in [5, 5.41) is 6.80. The predicted molar refractivity (Wildman–Crippen MR) is 122 cm³/mol. The highest BCUT2D eigenvalue weighted by Gasteiger charge is 2.27. The van der Waals surface area contributed by atoms with Gasteiger partial charge in [-0.2, -0.15) is 5.10 Å². The molecule has 0 atom stereocenters. The van der Waals surface area contributed by atoms with Gasteiger partial charge in [-0.15, -0.1) is 11.3 Å².